The van der Waals surface area contributed by atoms with Crippen LogP contribution in [0.25, 0.3) is 0 Å². The van der Waals surface area contributed by atoms with Crippen molar-refractivity contribution >= 4 is 12.4 Å². The number of hydrogen-bond acceptors (Lipinski definition) is 2. The highest BCUT2D eigenvalue weighted by Crippen LogP contribution is 2.38. The molecule has 1 heterocycles. The first kappa shape index (κ1) is 9.49. The molecule has 2 N–H and O–H groups in total. The smallest absolute Gasteiger partial charge is 0.0338 e. The molecule has 12 heavy (non-hydrogen) atoms. The molecule has 1 aliphatic rings. The van der Waals surface area contributed by atoms with E-state index in [2.05, 4.69) is 11.1 Å². The molecule has 0 bridgehead atoms. The van der Waals surface area contributed by atoms with Crippen molar-refractivity contribution < 1.29 is 0 Å². The molecule has 0 aliphatic heterocycles. The lowest BCUT2D eigenvalue weighted by molar-refractivity contribution is 0.631. The molecular formula is C9H13ClN2. The zero-order chi connectivity index (χ0) is 7.68. The number of nitrogens with zero attached hydrogens (tertiary/aromatic N) is 1. The van der Waals surface area contributed by atoms with Gasteiger partial charge in [0, 0.05) is 18.4 Å². The van der Waals surface area contributed by atoms with Gasteiger partial charge in [0.15, 0.2) is 0 Å². The molecule has 0 amide bonds. The summed E-state index contributed by atoms with van der Waals surface area (Å²) in [5.74, 6) is 0.721. The summed E-state index contributed by atoms with van der Waals surface area (Å²) in [6.45, 7) is 0. The van der Waals surface area contributed by atoms with Crippen molar-refractivity contribution in [3.63, 3.8) is 0 Å². The van der Waals surface area contributed by atoms with Crippen molar-refractivity contribution in [3.8, 4) is 0 Å². The van der Waals surface area contributed by atoms with Crippen LogP contribution in [-0.2, 0) is 0 Å². The Hall–Kier alpha value is -0.600. The fraction of sp³-hybridized carbons (Fsp3) is 0.444. The Morgan fingerprint density at radius 1 is 1.50 bits per heavy atom. The zero-order valence-corrected chi connectivity index (χ0v) is 7.63. The summed E-state index contributed by atoms with van der Waals surface area (Å²) in [5.41, 5.74) is 7.14. The van der Waals surface area contributed by atoms with Crippen molar-refractivity contribution in [2.24, 2.45) is 11.7 Å². The molecule has 1 aromatic heterocycles. The molecule has 2 rings (SSSR count). The molecule has 1 atom stereocenters. The predicted molar refractivity (Wildman–Crippen MR) is 51.1 cm³/mol. The maximum atomic E-state index is 5.96. The van der Waals surface area contributed by atoms with E-state index < -0.39 is 0 Å². The van der Waals surface area contributed by atoms with Crippen LogP contribution in [0.4, 0.5) is 0 Å². The third-order valence-electron chi connectivity index (χ3n) is 2.20. The average molecular weight is 185 g/mol. The standard InChI is InChI=1S/C9H12N2.ClH/c10-9(7-3-4-7)8-2-1-5-11-6-8;/h1-2,5-7,9H,3-4,10H2;1H/t9-;/m1./s1. The normalized spacial score (nSPS) is 18.1. The van der Waals surface area contributed by atoms with Crippen LogP contribution in [0.2, 0.25) is 0 Å². The minimum Gasteiger partial charge on any atom is -0.324 e. The van der Waals surface area contributed by atoms with E-state index in [1.54, 1.807) is 6.20 Å². The van der Waals surface area contributed by atoms with Crippen molar-refractivity contribution in [2.45, 2.75) is 18.9 Å². The summed E-state index contributed by atoms with van der Waals surface area (Å²) in [7, 11) is 0. The van der Waals surface area contributed by atoms with E-state index in [1.807, 2.05) is 12.3 Å². The Bertz CT molecular complexity index is 234. The third kappa shape index (κ3) is 1.96. The lowest BCUT2D eigenvalue weighted by Crippen LogP contribution is -2.12. The fourth-order valence-corrected chi connectivity index (χ4v) is 1.30. The van der Waals surface area contributed by atoms with Crippen LogP contribution in [-0.4, -0.2) is 4.98 Å². The second-order valence-corrected chi connectivity index (χ2v) is 3.15. The van der Waals surface area contributed by atoms with Crippen molar-refractivity contribution in [2.75, 3.05) is 0 Å². The Balaban J connectivity index is 0.000000720. The number of nitrogens with two attached hydrogens (primary N) is 1. The van der Waals surface area contributed by atoms with Gasteiger partial charge in [0.2, 0.25) is 0 Å². The van der Waals surface area contributed by atoms with Gasteiger partial charge in [-0.3, -0.25) is 4.98 Å². The molecule has 1 fully saturated rings. The Morgan fingerprint density at radius 2 is 2.25 bits per heavy atom. The van der Waals surface area contributed by atoms with Crippen LogP contribution in [0, 0.1) is 5.92 Å². The van der Waals surface area contributed by atoms with Crippen molar-refractivity contribution in [3.05, 3.63) is 30.1 Å². The van der Waals surface area contributed by atoms with Gasteiger partial charge in [0.05, 0.1) is 0 Å². The van der Waals surface area contributed by atoms with Crippen LogP contribution in [0.1, 0.15) is 24.4 Å². The quantitative estimate of drug-likeness (QED) is 0.763. The molecule has 3 heteroatoms. The summed E-state index contributed by atoms with van der Waals surface area (Å²) < 4.78 is 0. The van der Waals surface area contributed by atoms with Gasteiger partial charge < -0.3 is 5.73 Å². The van der Waals surface area contributed by atoms with Gasteiger partial charge in [-0.05, 0) is 30.4 Å². The first-order chi connectivity index (χ1) is 5.38. The molecule has 0 aromatic carbocycles. The van der Waals surface area contributed by atoms with Gasteiger partial charge in [0.1, 0.15) is 0 Å². The third-order valence-corrected chi connectivity index (χ3v) is 2.20. The number of halogens is 1. The number of rotatable bonds is 2. The summed E-state index contributed by atoms with van der Waals surface area (Å²) in [6.07, 6.45) is 6.22. The Morgan fingerprint density at radius 3 is 2.75 bits per heavy atom. The predicted octanol–water partition coefficient (Wildman–Crippen LogP) is 1.91. The lowest BCUT2D eigenvalue weighted by atomic mass is 10.1. The average Bonchev–Trinajstić information content (AvgIpc) is 2.87. The van der Waals surface area contributed by atoms with Crippen LogP contribution in [0.15, 0.2) is 24.5 Å². The maximum Gasteiger partial charge on any atom is 0.0338 e. The summed E-state index contributed by atoms with van der Waals surface area (Å²) >= 11 is 0. The Kier molecular flexibility index (Phi) is 3.06. The Labute approximate surface area is 78.6 Å². The lowest BCUT2D eigenvalue weighted by Gasteiger charge is -2.08. The molecule has 1 aromatic rings. The monoisotopic (exact) mass is 184 g/mol. The summed E-state index contributed by atoms with van der Waals surface area (Å²) in [6, 6.07) is 4.22. The fourth-order valence-electron chi connectivity index (χ4n) is 1.30. The summed E-state index contributed by atoms with van der Waals surface area (Å²) in [4.78, 5) is 4.04. The van der Waals surface area contributed by atoms with E-state index in [9.17, 15) is 0 Å². The minimum absolute atomic E-state index is 0. The first-order valence-electron chi connectivity index (χ1n) is 4.03. The van der Waals surface area contributed by atoms with Gasteiger partial charge >= 0.3 is 0 Å². The van der Waals surface area contributed by atoms with E-state index in [4.69, 9.17) is 5.73 Å². The van der Waals surface area contributed by atoms with E-state index in [-0.39, 0.29) is 18.4 Å². The molecule has 0 radical (unpaired) electrons. The van der Waals surface area contributed by atoms with Gasteiger partial charge in [-0.2, -0.15) is 0 Å². The number of pyridine rings is 1. The zero-order valence-electron chi connectivity index (χ0n) is 6.81. The van der Waals surface area contributed by atoms with Crippen molar-refractivity contribution in [1.29, 1.82) is 0 Å². The van der Waals surface area contributed by atoms with Crippen LogP contribution in [0.5, 0.6) is 0 Å². The number of aromatic nitrogens is 1. The molecule has 2 nitrogen and oxygen atoms in total. The van der Waals surface area contributed by atoms with Crippen molar-refractivity contribution in [1.82, 2.24) is 4.98 Å². The van der Waals surface area contributed by atoms with Crippen LogP contribution < -0.4 is 5.73 Å². The van der Waals surface area contributed by atoms with Crippen LogP contribution in [0.3, 0.4) is 0 Å². The molecule has 1 saturated carbocycles. The van der Waals surface area contributed by atoms with E-state index in [0.717, 1.165) is 5.92 Å². The molecule has 1 aliphatic carbocycles. The van der Waals surface area contributed by atoms with Gasteiger partial charge in [-0.1, -0.05) is 6.07 Å². The highest BCUT2D eigenvalue weighted by Gasteiger charge is 2.29. The highest BCUT2D eigenvalue weighted by molar-refractivity contribution is 5.85. The first-order valence-corrected chi connectivity index (χ1v) is 4.03. The largest absolute Gasteiger partial charge is 0.324 e. The topological polar surface area (TPSA) is 38.9 Å². The van der Waals surface area contributed by atoms with E-state index in [0.29, 0.717) is 0 Å². The second-order valence-electron chi connectivity index (χ2n) is 3.15. The highest BCUT2D eigenvalue weighted by atomic mass is 35.5. The summed E-state index contributed by atoms with van der Waals surface area (Å²) in [5, 5.41) is 0. The van der Waals surface area contributed by atoms with Gasteiger partial charge in [-0.15, -0.1) is 12.4 Å². The number of hydrogen-bond donors (Lipinski definition) is 1. The van der Waals surface area contributed by atoms with Gasteiger partial charge in [0.25, 0.3) is 0 Å². The SMILES string of the molecule is Cl.N[C@@H](c1cccnc1)C1CC1. The minimum atomic E-state index is 0. The van der Waals surface area contributed by atoms with E-state index in [1.165, 1.54) is 18.4 Å². The molecule has 0 unspecified atom stereocenters. The molecule has 66 valence electrons. The second kappa shape index (κ2) is 3.87. The maximum absolute atomic E-state index is 5.96. The van der Waals surface area contributed by atoms with E-state index >= 15 is 0 Å². The van der Waals surface area contributed by atoms with Gasteiger partial charge in [-0.25, -0.2) is 0 Å². The molecule has 0 saturated heterocycles. The van der Waals surface area contributed by atoms with Crippen LogP contribution >= 0.6 is 12.4 Å². The molecule has 0 spiro atoms. The molecular weight excluding hydrogens is 172 g/mol.